The van der Waals surface area contributed by atoms with E-state index in [2.05, 4.69) is 39.6 Å². The smallest absolute Gasteiger partial charge is 0.355 e. The van der Waals surface area contributed by atoms with E-state index in [4.69, 9.17) is 0 Å². The van der Waals surface area contributed by atoms with Gasteiger partial charge in [-0.15, -0.1) is 0 Å². The SMILES string of the molecule is CC.CC(C)c1[nH]nc2cc(Nc3cccc4c3C(=O)N(CC(=O)NCC(F)(F)F)C4)ccc12.c1ccc2[nH]ncc2c1. The zero-order valence-electron chi connectivity index (χ0n) is 24.3. The average molecular weight is 594 g/mol. The molecule has 0 radical (unpaired) electrons. The molecule has 0 saturated heterocycles. The van der Waals surface area contributed by atoms with Crippen molar-refractivity contribution in [3.63, 3.8) is 0 Å². The van der Waals surface area contributed by atoms with Gasteiger partial charge in [-0.05, 0) is 41.8 Å². The fourth-order valence-corrected chi connectivity index (χ4v) is 4.67. The second-order valence-electron chi connectivity index (χ2n) is 10.00. The summed E-state index contributed by atoms with van der Waals surface area (Å²) in [7, 11) is 0. The lowest BCUT2D eigenvalue weighted by molar-refractivity contribution is -0.138. The lowest BCUT2D eigenvalue weighted by atomic mass is 10.1. The molecule has 2 aromatic heterocycles. The van der Waals surface area contributed by atoms with E-state index in [1.165, 1.54) is 4.90 Å². The maximum Gasteiger partial charge on any atom is 0.405 e. The zero-order valence-corrected chi connectivity index (χ0v) is 24.3. The Labute approximate surface area is 246 Å². The molecule has 43 heavy (non-hydrogen) atoms. The molecule has 0 aliphatic carbocycles. The summed E-state index contributed by atoms with van der Waals surface area (Å²) in [6, 6.07) is 19.0. The van der Waals surface area contributed by atoms with Crippen LogP contribution in [0.25, 0.3) is 21.8 Å². The highest BCUT2D eigenvalue weighted by molar-refractivity contribution is 6.05. The van der Waals surface area contributed by atoms with Gasteiger partial charge in [0.25, 0.3) is 5.91 Å². The quantitative estimate of drug-likeness (QED) is 0.176. The summed E-state index contributed by atoms with van der Waals surface area (Å²) in [5, 5.41) is 21.4. The lowest BCUT2D eigenvalue weighted by Gasteiger charge is -2.16. The molecule has 0 atom stereocenters. The summed E-state index contributed by atoms with van der Waals surface area (Å²) in [5.41, 5.74) is 5.33. The van der Waals surface area contributed by atoms with Gasteiger partial charge >= 0.3 is 6.18 Å². The van der Waals surface area contributed by atoms with Crippen LogP contribution in [-0.2, 0) is 11.3 Å². The summed E-state index contributed by atoms with van der Waals surface area (Å²) in [6.45, 7) is 6.43. The number of halogens is 3. The van der Waals surface area contributed by atoms with E-state index in [0.29, 0.717) is 22.7 Å². The Hall–Kier alpha value is -4.87. The minimum atomic E-state index is -4.50. The Morgan fingerprint density at radius 3 is 2.53 bits per heavy atom. The van der Waals surface area contributed by atoms with Crippen LogP contribution >= 0.6 is 0 Å². The molecular formula is C31H34F3N7O2. The van der Waals surface area contributed by atoms with Crippen LogP contribution in [0.3, 0.4) is 0 Å². The normalized spacial score (nSPS) is 12.5. The Morgan fingerprint density at radius 1 is 1.05 bits per heavy atom. The topological polar surface area (TPSA) is 119 Å². The van der Waals surface area contributed by atoms with Crippen molar-refractivity contribution in [1.82, 2.24) is 30.6 Å². The first-order valence-electron chi connectivity index (χ1n) is 14.0. The van der Waals surface area contributed by atoms with E-state index in [9.17, 15) is 22.8 Å². The van der Waals surface area contributed by atoms with Crippen LogP contribution in [-0.4, -0.2) is 56.4 Å². The Kier molecular flexibility index (Phi) is 9.69. The molecule has 1 aliphatic heterocycles. The number of hydrogen-bond acceptors (Lipinski definition) is 5. The molecule has 2 amide bonds. The molecule has 1 aliphatic rings. The molecule has 5 aromatic rings. The van der Waals surface area contributed by atoms with Crippen molar-refractivity contribution >= 4 is 45.0 Å². The van der Waals surface area contributed by atoms with Gasteiger partial charge in [-0.2, -0.15) is 23.4 Å². The first-order chi connectivity index (χ1) is 20.6. The summed E-state index contributed by atoms with van der Waals surface area (Å²) >= 11 is 0. The van der Waals surface area contributed by atoms with Gasteiger partial charge in [0.1, 0.15) is 13.1 Å². The molecule has 9 nitrogen and oxygen atoms in total. The van der Waals surface area contributed by atoms with Gasteiger partial charge < -0.3 is 15.5 Å². The maximum absolute atomic E-state index is 12.9. The van der Waals surface area contributed by atoms with E-state index >= 15 is 0 Å². The maximum atomic E-state index is 12.9. The van der Waals surface area contributed by atoms with Crippen LogP contribution in [0.5, 0.6) is 0 Å². The number of alkyl halides is 3. The highest BCUT2D eigenvalue weighted by Gasteiger charge is 2.33. The number of amides is 2. The summed E-state index contributed by atoms with van der Waals surface area (Å²) in [5.74, 6) is -0.968. The number of carbonyl (C=O) groups is 2. The lowest BCUT2D eigenvalue weighted by Crippen LogP contribution is -2.41. The van der Waals surface area contributed by atoms with E-state index in [1.807, 2.05) is 62.5 Å². The van der Waals surface area contributed by atoms with Gasteiger partial charge in [0.2, 0.25) is 5.91 Å². The third-order valence-corrected chi connectivity index (χ3v) is 6.62. The van der Waals surface area contributed by atoms with Crippen molar-refractivity contribution in [3.8, 4) is 0 Å². The third-order valence-electron chi connectivity index (χ3n) is 6.62. The van der Waals surface area contributed by atoms with Crippen molar-refractivity contribution < 1.29 is 22.8 Å². The second kappa shape index (κ2) is 13.4. The molecule has 12 heteroatoms. The van der Waals surface area contributed by atoms with E-state index in [-0.39, 0.29) is 6.54 Å². The fraction of sp³-hybridized carbons (Fsp3) is 0.290. The number of rotatable bonds is 6. The Morgan fingerprint density at radius 2 is 1.81 bits per heavy atom. The third kappa shape index (κ3) is 7.51. The van der Waals surface area contributed by atoms with Crippen molar-refractivity contribution in [3.05, 3.63) is 83.7 Å². The average Bonchev–Trinajstić information content (AvgIpc) is 3.71. The van der Waals surface area contributed by atoms with Crippen LogP contribution in [0.4, 0.5) is 24.5 Å². The molecule has 0 fully saturated rings. The number of aromatic nitrogens is 4. The number of anilines is 2. The largest absolute Gasteiger partial charge is 0.405 e. The number of carbonyl (C=O) groups excluding carboxylic acids is 2. The van der Waals surface area contributed by atoms with Gasteiger partial charge in [-0.1, -0.05) is 58.0 Å². The predicted molar refractivity (Wildman–Crippen MR) is 161 cm³/mol. The molecule has 6 rings (SSSR count). The summed E-state index contributed by atoms with van der Waals surface area (Å²) in [6.07, 6.45) is -2.69. The fourth-order valence-electron chi connectivity index (χ4n) is 4.67. The van der Waals surface area contributed by atoms with Crippen LogP contribution in [0.2, 0.25) is 0 Å². The number of para-hydroxylation sites is 1. The van der Waals surface area contributed by atoms with Crippen molar-refractivity contribution in [2.24, 2.45) is 0 Å². The van der Waals surface area contributed by atoms with Gasteiger partial charge in [-0.3, -0.25) is 19.8 Å². The van der Waals surface area contributed by atoms with Crippen LogP contribution in [0.15, 0.2) is 66.9 Å². The van der Waals surface area contributed by atoms with Gasteiger partial charge in [0.15, 0.2) is 0 Å². The summed E-state index contributed by atoms with van der Waals surface area (Å²) in [4.78, 5) is 26.0. The van der Waals surface area contributed by atoms with E-state index in [0.717, 1.165) is 33.2 Å². The van der Waals surface area contributed by atoms with Crippen molar-refractivity contribution in [2.75, 3.05) is 18.4 Å². The number of nitrogens with one attached hydrogen (secondary N) is 4. The molecule has 0 bridgehead atoms. The molecule has 3 aromatic carbocycles. The first kappa shape index (κ1) is 31.1. The van der Waals surface area contributed by atoms with Gasteiger partial charge in [0.05, 0.1) is 28.5 Å². The van der Waals surface area contributed by atoms with Gasteiger partial charge in [0, 0.05) is 28.7 Å². The molecule has 0 spiro atoms. The molecule has 3 heterocycles. The van der Waals surface area contributed by atoms with E-state index < -0.39 is 31.1 Å². The number of benzene rings is 3. The number of fused-ring (bicyclic) bond motifs is 3. The zero-order chi connectivity index (χ0) is 31.1. The van der Waals surface area contributed by atoms with Crippen LogP contribution in [0, 0.1) is 0 Å². The summed E-state index contributed by atoms with van der Waals surface area (Å²) < 4.78 is 36.9. The minimum absolute atomic E-state index is 0.152. The highest BCUT2D eigenvalue weighted by Crippen LogP contribution is 2.32. The predicted octanol–water partition coefficient (Wildman–Crippen LogP) is 6.65. The molecule has 0 saturated carbocycles. The molecular weight excluding hydrogens is 559 g/mol. The standard InChI is InChI=1S/C22H22F3N5O2.C7H6N2.C2H6/c1-12(2)20-15-7-6-14(8-17(15)28-29-20)27-16-5-3-4-13-9-30(21(32)19(13)16)10-18(31)26-11-22(23,24)25;1-2-4-7-6(3-1)5-8-9-7;1-2/h3-8,12,27H,9-11H2,1-2H3,(H,26,31)(H,28,29);1-5H,(H,8,9);1-2H3. The van der Waals surface area contributed by atoms with Gasteiger partial charge in [-0.25, -0.2) is 0 Å². The Bertz CT molecular complexity index is 1680. The second-order valence-corrected chi connectivity index (χ2v) is 10.00. The minimum Gasteiger partial charge on any atom is -0.355 e. The van der Waals surface area contributed by atoms with Crippen LogP contribution in [0.1, 0.15) is 55.2 Å². The molecule has 226 valence electrons. The monoisotopic (exact) mass is 593 g/mol. The Balaban J connectivity index is 0.000000322. The number of hydrogen-bond donors (Lipinski definition) is 4. The molecule has 4 N–H and O–H groups in total. The number of H-pyrrole nitrogens is 2. The molecule has 0 unspecified atom stereocenters. The van der Waals surface area contributed by atoms with Crippen molar-refractivity contribution in [1.29, 1.82) is 0 Å². The van der Waals surface area contributed by atoms with Crippen LogP contribution < -0.4 is 10.6 Å². The van der Waals surface area contributed by atoms with Crippen molar-refractivity contribution in [2.45, 2.75) is 46.3 Å². The number of nitrogens with zero attached hydrogens (tertiary/aromatic N) is 3. The number of aromatic amines is 2. The van der Waals surface area contributed by atoms with E-state index in [1.54, 1.807) is 23.5 Å². The highest BCUT2D eigenvalue weighted by atomic mass is 19.4. The first-order valence-corrected chi connectivity index (χ1v) is 14.0.